The molecule has 0 unspecified atom stereocenters. The first-order valence-electron chi connectivity index (χ1n) is 7.93. The summed E-state index contributed by atoms with van der Waals surface area (Å²) in [5.41, 5.74) is 0.293. The van der Waals surface area contributed by atoms with Gasteiger partial charge in [-0.2, -0.15) is 0 Å². The summed E-state index contributed by atoms with van der Waals surface area (Å²) in [6.07, 6.45) is 1.58. The van der Waals surface area contributed by atoms with E-state index >= 15 is 0 Å². The predicted octanol–water partition coefficient (Wildman–Crippen LogP) is 2.91. The van der Waals surface area contributed by atoms with Gasteiger partial charge in [0.15, 0.2) is 11.5 Å². The van der Waals surface area contributed by atoms with E-state index in [1.54, 1.807) is 18.2 Å². The van der Waals surface area contributed by atoms with E-state index in [1.807, 2.05) is 5.38 Å². The lowest BCUT2D eigenvalue weighted by Crippen LogP contribution is -2.23. The number of fused-ring (bicyclic) bond motifs is 2. The molecule has 1 amide bonds. The quantitative estimate of drug-likeness (QED) is 0.739. The molecule has 134 valence electrons. The fourth-order valence-corrected chi connectivity index (χ4v) is 3.57. The van der Waals surface area contributed by atoms with Gasteiger partial charge in [0.1, 0.15) is 18.0 Å². The molecule has 0 aliphatic carbocycles. The third-order valence-electron chi connectivity index (χ3n) is 3.94. The smallest absolute Gasteiger partial charge is 0.262 e. The number of hydrogen-bond donors (Lipinski definition) is 1. The normalized spacial score (nSPS) is 13.0. The second kappa shape index (κ2) is 6.97. The van der Waals surface area contributed by atoms with Crippen molar-refractivity contribution < 1.29 is 14.3 Å². The molecule has 0 saturated heterocycles. The van der Waals surface area contributed by atoms with Crippen molar-refractivity contribution in [1.29, 1.82) is 0 Å². The number of benzene rings is 1. The number of rotatable bonds is 4. The van der Waals surface area contributed by atoms with Crippen molar-refractivity contribution in [2.45, 2.75) is 13.0 Å². The van der Waals surface area contributed by atoms with Gasteiger partial charge in [0, 0.05) is 25.1 Å². The minimum Gasteiger partial charge on any atom is -0.486 e. The molecule has 1 aliphatic rings. The molecular formula is C17H14ClN3O4S. The van der Waals surface area contributed by atoms with Crippen LogP contribution in [0.2, 0.25) is 5.02 Å². The lowest BCUT2D eigenvalue weighted by molar-refractivity contribution is -0.116. The van der Waals surface area contributed by atoms with E-state index in [-0.39, 0.29) is 24.4 Å². The van der Waals surface area contributed by atoms with Crippen LogP contribution in [-0.4, -0.2) is 28.7 Å². The fraction of sp³-hybridized carbons (Fsp3) is 0.235. The van der Waals surface area contributed by atoms with Crippen LogP contribution < -0.4 is 20.3 Å². The van der Waals surface area contributed by atoms with Gasteiger partial charge in [-0.15, -0.1) is 11.3 Å². The molecule has 1 aromatic carbocycles. The third kappa shape index (κ3) is 3.25. The summed E-state index contributed by atoms with van der Waals surface area (Å²) in [5.74, 6) is 0.834. The molecule has 0 saturated carbocycles. The van der Waals surface area contributed by atoms with Crippen LogP contribution in [0.25, 0.3) is 10.2 Å². The number of carbonyl (C=O) groups is 1. The topological polar surface area (TPSA) is 82.5 Å². The van der Waals surface area contributed by atoms with Crippen molar-refractivity contribution in [3.05, 3.63) is 45.3 Å². The highest BCUT2D eigenvalue weighted by Crippen LogP contribution is 2.37. The van der Waals surface area contributed by atoms with Crippen molar-refractivity contribution in [2.75, 3.05) is 18.5 Å². The minimum absolute atomic E-state index is 0.113. The van der Waals surface area contributed by atoms with Gasteiger partial charge >= 0.3 is 0 Å². The summed E-state index contributed by atoms with van der Waals surface area (Å²) >= 11 is 7.59. The Balaban J connectivity index is 1.45. The minimum atomic E-state index is -0.263. The average Bonchev–Trinajstić information content (AvgIpc) is 3.11. The van der Waals surface area contributed by atoms with Crippen LogP contribution in [0.4, 0.5) is 5.69 Å². The number of aromatic nitrogens is 2. The number of ether oxygens (including phenoxy) is 2. The zero-order chi connectivity index (χ0) is 18.1. The van der Waals surface area contributed by atoms with Gasteiger partial charge in [0.05, 0.1) is 22.4 Å². The molecule has 2 aromatic heterocycles. The Bertz CT molecular complexity index is 1050. The van der Waals surface area contributed by atoms with Crippen LogP contribution in [0.15, 0.2) is 34.7 Å². The second-order valence-corrected chi connectivity index (χ2v) is 6.96. The number of hydrogen-bond acceptors (Lipinski definition) is 6. The summed E-state index contributed by atoms with van der Waals surface area (Å²) in [4.78, 5) is 29.5. The molecule has 0 atom stereocenters. The van der Waals surface area contributed by atoms with E-state index in [2.05, 4.69) is 10.3 Å². The number of nitrogens with zero attached hydrogens (tertiary/aromatic N) is 2. The van der Waals surface area contributed by atoms with Gasteiger partial charge in [-0.05, 0) is 11.4 Å². The van der Waals surface area contributed by atoms with E-state index < -0.39 is 0 Å². The first kappa shape index (κ1) is 16.9. The maximum absolute atomic E-state index is 12.3. The van der Waals surface area contributed by atoms with Crippen molar-refractivity contribution in [2.24, 2.45) is 0 Å². The zero-order valence-electron chi connectivity index (χ0n) is 13.5. The van der Waals surface area contributed by atoms with Gasteiger partial charge in [-0.1, -0.05) is 11.6 Å². The standard InChI is InChI=1S/C17H14ClN3O4S/c18-11-7-13-14(25-5-4-24-13)8-12(11)20-15(22)1-3-21-9-19-16-10(17(21)23)2-6-26-16/h2,6-9H,1,3-5H2,(H,20,22). The average molecular weight is 392 g/mol. The molecule has 1 N–H and O–H groups in total. The van der Waals surface area contributed by atoms with Crippen LogP contribution in [0.5, 0.6) is 11.5 Å². The lowest BCUT2D eigenvalue weighted by Gasteiger charge is -2.20. The number of nitrogens with one attached hydrogen (secondary N) is 1. The summed E-state index contributed by atoms with van der Waals surface area (Å²) in [7, 11) is 0. The molecule has 0 bridgehead atoms. The van der Waals surface area contributed by atoms with E-state index in [0.29, 0.717) is 45.6 Å². The predicted molar refractivity (Wildman–Crippen MR) is 99.6 cm³/mol. The molecule has 26 heavy (non-hydrogen) atoms. The number of halogens is 1. The maximum atomic E-state index is 12.3. The van der Waals surface area contributed by atoms with Crippen molar-refractivity contribution >= 4 is 44.7 Å². The highest BCUT2D eigenvalue weighted by molar-refractivity contribution is 7.16. The maximum Gasteiger partial charge on any atom is 0.262 e. The summed E-state index contributed by atoms with van der Waals surface area (Å²) in [6, 6.07) is 4.99. The van der Waals surface area contributed by atoms with Crippen LogP contribution in [0, 0.1) is 0 Å². The number of carbonyl (C=O) groups excluding carboxylic acids is 1. The Hall–Kier alpha value is -2.58. The molecule has 3 heterocycles. The summed E-state index contributed by atoms with van der Waals surface area (Å²) < 4.78 is 12.4. The molecule has 9 heteroatoms. The lowest BCUT2D eigenvalue weighted by atomic mass is 10.2. The van der Waals surface area contributed by atoms with Crippen molar-refractivity contribution in [1.82, 2.24) is 9.55 Å². The highest BCUT2D eigenvalue weighted by atomic mass is 35.5. The van der Waals surface area contributed by atoms with E-state index in [1.165, 1.54) is 22.2 Å². The number of anilines is 1. The van der Waals surface area contributed by atoms with Crippen LogP contribution in [-0.2, 0) is 11.3 Å². The Kier molecular flexibility index (Phi) is 4.52. The van der Waals surface area contributed by atoms with Gasteiger partial charge in [0.25, 0.3) is 5.56 Å². The molecule has 1 aliphatic heterocycles. The SMILES string of the molecule is O=C(CCn1cnc2sccc2c1=O)Nc1cc2c(cc1Cl)OCCO2. The molecule has 3 aromatic rings. The Morgan fingerprint density at radius 3 is 2.88 bits per heavy atom. The Labute approximate surface area is 157 Å². The van der Waals surface area contributed by atoms with Crippen LogP contribution >= 0.6 is 22.9 Å². The third-order valence-corrected chi connectivity index (χ3v) is 5.07. The number of thiophene rings is 1. The van der Waals surface area contributed by atoms with Crippen molar-refractivity contribution in [3.63, 3.8) is 0 Å². The molecule has 4 rings (SSSR count). The Morgan fingerprint density at radius 2 is 2.08 bits per heavy atom. The number of amides is 1. The molecule has 0 radical (unpaired) electrons. The molecule has 0 fully saturated rings. The number of aryl methyl sites for hydroxylation is 1. The second-order valence-electron chi connectivity index (χ2n) is 5.66. The van der Waals surface area contributed by atoms with Gasteiger partial charge in [-0.25, -0.2) is 4.98 Å². The van der Waals surface area contributed by atoms with Gasteiger partial charge in [-0.3, -0.25) is 14.2 Å². The first-order chi connectivity index (χ1) is 12.6. The van der Waals surface area contributed by atoms with Crippen LogP contribution in [0.3, 0.4) is 0 Å². The first-order valence-corrected chi connectivity index (χ1v) is 9.19. The zero-order valence-corrected chi connectivity index (χ0v) is 15.1. The summed E-state index contributed by atoms with van der Waals surface area (Å²) in [6.45, 7) is 1.14. The van der Waals surface area contributed by atoms with Gasteiger partial charge in [0.2, 0.25) is 5.91 Å². The molecule has 0 spiro atoms. The van der Waals surface area contributed by atoms with E-state index in [0.717, 1.165) is 0 Å². The van der Waals surface area contributed by atoms with E-state index in [4.69, 9.17) is 21.1 Å². The molecule has 7 nitrogen and oxygen atoms in total. The molecular weight excluding hydrogens is 378 g/mol. The summed E-state index contributed by atoms with van der Waals surface area (Å²) in [5, 5.41) is 5.49. The van der Waals surface area contributed by atoms with Gasteiger partial charge < -0.3 is 14.8 Å². The van der Waals surface area contributed by atoms with Crippen LogP contribution in [0.1, 0.15) is 6.42 Å². The largest absolute Gasteiger partial charge is 0.486 e. The Morgan fingerprint density at radius 1 is 1.31 bits per heavy atom. The highest BCUT2D eigenvalue weighted by Gasteiger charge is 2.16. The van der Waals surface area contributed by atoms with E-state index in [9.17, 15) is 9.59 Å². The monoisotopic (exact) mass is 391 g/mol. The van der Waals surface area contributed by atoms with Crippen molar-refractivity contribution in [3.8, 4) is 11.5 Å². The fourth-order valence-electron chi connectivity index (χ4n) is 2.65.